The van der Waals surface area contributed by atoms with Gasteiger partial charge in [0.25, 0.3) is 0 Å². The van der Waals surface area contributed by atoms with Gasteiger partial charge in [-0.1, -0.05) is 72.8 Å². The molecule has 2 fully saturated rings. The van der Waals surface area contributed by atoms with Crippen molar-refractivity contribution in [1.82, 2.24) is 9.80 Å². The van der Waals surface area contributed by atoms with Crippen LogP contribution in [0.4, 0.5) is 0 Å². The molecule has 248 valence electrons. The van der Waals surface area contributed by atoms with Crippen molar-refractivity contribution in [2.24, 2.45) is 11.8 Å². The van der Waals surface area contributed by atoms with Crippen molar-refractivity contribution >= 4 is 0 Å². The summed E-state index contributed by atoms with van der Waals surface area (Å²) in [7, 11) is 0. The fourth-order valence-corrected chi connectivity index (χ4v) is 6.94. The number of likely N-dealkylation sites (tertiary alicyclic amines) is 2. The molecule has 2 heterocycles. The first-order valence-corrected chi connectivity index (χ1v) is 17.9. The molecule has 6 rings (SSSR count). The van der Waals surface area contributed by atoms with Crippen LogP contribution in [0, 0.1) is 11.8 Å². The van der Waals surface area contributed by atoms with Crippen LogP contribution >= 0.6 is 0 Å². The van der Waals surface area contributed by atoms with Gasteiger partial charge in [-0.2, -0.15) is 0 Å². The van der Waals surface area contributed by atoms with E-state index in [4.69, 9.17) is 14.2 Å². The lowest BCUT2D eigenvalue weighted by Crippen LogP contribution is -2.36. The molecule has 0 bridgehead atoms. The molecule has 0 amide bonds. The van der Waals surface area contributed by atoms with Gasteiger partial charge in [0.2, 0.25) is 0 Å². The monoisotopic (exact) mass is 632 g/mol. The van der Waals surface area contributed by atoms with E-state index in [-0.39, 0.29) is 0 Å². The van der Waals surface area contributed by atoms with Crippen molar-refractivity contribution < 1.29 is 14.2 Å². The Morgan fingerprint density at radius 2 is 0.851 bits per heavy atom. The summed E-state index contributed by atoms with van der Waals surface area (Å²) in [6.07, 6.45) is 9.20. The van der Waals surface area contributed by atoms with E-state index in [0.29, 0.717) is 11.8 Å². The summed E-state index contributed by atoms with van der Waals surface area (Å²) >= 11 is 0. The Morgan fingerprint density at radius 1 is 0.468 bits per heavy atom. The molecule has 0 saturated carbocycles. The average molecular weight is 633 g/mol. The molecule has 2 saturated heterocycles. The van der Waals surface area contributed by atoms with Gasteiger partial charge in [0.1, 0.15) is 23.0 Å². The lowest BCUT2D eigenvalue weighted by Gasteiger charge is -2.32. The van der Waals surface area contributed by atoms with E-state index in [1.807, 2.05) is 60.7 Å². The van der Waals surface area contributed by atoms with Gasteiger partial charge in [0.15, 0.2) is 0 Å². The van der Waals surface area contributed by atoms with Crippen LogP contribution in [0.2, 0.25) is 0 Å². The van der Waals surface area contributed by atoms with Crippen molar-refractivity contribution in [2.75, 3.05) is 52.5 Å². The molecular weight excluding hydrogens is 580 g/mol. The van der Waals surface area contributed by atoms with Crippen LogP contribution in [-0.2, 0) is 12.8 Å². The molecule has 0 aromatic heterocycles. The van der Waals surface area contributed by atoms with Crippen molar-refractivity contribution in [3.63, 3.8) is 0 Å². The normalized spacial score (nSPS) is 16.6. The molecule has 0 spiro atoms. The minimum atomic E-state index is 0.651. The first-order chi connectivity index (χ1) is 23.3. The average Bonchev–Trinajstić information content (AvgIpc) is 3.13. The molecule has 5 nitrogen and oxygen atoms in total. The number of hydrogen-bond acceptors (Lipinski definition) is 5. The van der Waals surface area contributed by atoms with E-state index in [9.17, 15) is 0 Å². The number of hydrogen-bond donors (Lipinski definition) is 0. The topological polar surface area (TPSA) is 34.2 Å². The van der Waals surface area contributed by atoms with Crippen molar-refractivity contribution in [2.45, 2.75) is 51.4 Å². The van der Waals surface area contributed by atoms with Crippen molar-refractivity contribution in [3.05, 3.63) is 120 Å². The number of piperidine rings is 2. The molecule has 4 aromatic rings. The smallest absolute Gasteiger partial charge is 0.130 e. The highest BCUT2D eigenvalue weighted by molar-refractivity contribution is 5.41. The van der Waals surface area contributed by atoms with Crippen LogP contribution in [0.1, 0.15) is 49.7 Å². The largest absolute Gasteiger partial charge is 0.493 e. The Bertz CT molecular complexity index is 1340. The molecule has 0 radical (unpaired) electrons. The molecule has 0 aliphatic carbocycles. The van der Waals surface area contributed by atoms with Gasteiger partial charge in [-0.3, -0.25) is 0 Å². The summed E-state index contributed by atoms with van der Waals surface area (Å²) in [5.41, 5.74) is 2.60. The Hall–Kier alpha value is -3.80. The van der Waals surface area contributed by atoms with Gasteiger partial charge in [-0.25, -0.2) is 0 Å². The quantitative estimate of drug-likeness (QED) is 0.123. The Kier molecular flexibility index (Phi) is 12.6. The second-order valence-corrected chi connectivity index (χ2v) is 13.3. The van der Waals surface area contributed by atoms with Gasteiger partial charge < -0.3 is 24.0 Å². The standard InChI is InChI=1S/C42H52N2O3/c1-3-17-39(18-4-1)45-33-35-23-29-43(30-24-35)27-11-15-37-13-7-9-21-41(37)47-42-22-10-8-14-38(42)16-12-28-44-31-25-36(26-32-44)34-46-40-19-5-2-6-20-40/h1-10,13-14,17-22,35-36H,11-12,15-16,23-34H2. The lowest BCUT2D eigenvalue weighted by molar-refractivity contribution is 0.140. The molecule has 5 heteroatoms. The molecule has 4 aromatic carbocycles. The van der Waals surface area contributed by atoms with E-state index in [0.717, 1.165) is 101 Å². The molecule has 2 aliphatic heterocycles. The van der Waals surface area contributed by atoms with E-state index in [1.165, 1.54) is 36.8 Å². The van der Waals surface area contributed by atoms with E-state index in [2.05, 4.69) is 58.3 Å². The van der Waals surface area contributed by atoms with Gasteiger partial charge in [-0.15, -0.1) is 0 Å². The minimum Gasteiger partial charge on any atom is -0.493 e. The van der Waals surface area contributed by atoms with E-state index in [1.54, 1.807) is 0 Å². The van der Waals surface area contributed by atoms with Crippen LogP contribution < -0.4 is 14.2 Å². The maximum atomic E-state index is 6.63. The maximum absolute atomic E-state index is 6.63. The third-order valence-electron chi connectivity index (χ3n) is 9.88. The summed E-state index contributed by atoms with van der Waals surface area (Å²) in [6, 6.07) is 37.6. The fraction of sp³-hybridized carbons (Fsp3) is 0.429. The van der Waals surface area contributed by atoms with E-state index >= 15 is 0 Å². The second-order valence-electron chi connectivity index (χ2n) is 13.3. The first kappa shape index (κ1) is 33.1. The van der Waals surface area contributed by atoms with Gasteiger partial charge in [0.05, 0.1) is 13.2 Å². The molecule has 2 aliphatic rings. The summed E-state index contributed by atoms with van der Waals surface area (Å²) in [5.74, 6) is 5.26. The molecule has 0 unspecified atom stereocenters. The molecule has 0 atom stereocenters. The number of benzene rings is 4. The number of nitrogens with zero attached hydrogens (tertiary/aromatic N) is 2. The Morgan fingerprint density at radius 3 is 1.28 bits per heavy atom. The van der Waals surface area contributed by atoms with Crippen LogP contribution in [0.3, 0.4) is 0 Å². The summed E-state index contributed by atoms with van der Waals surface area (Å²) < 4.78 is 18.7. The zero-order valence-corrected chi connectivity index (χ0v) is 28.0. The highest BCUT2D eigenvalue weighted by atomic mass is 16.5. The molecule has 47 heavy (non-hydrogen) atoms. The van der Waals surface area contributed by atoms with Crippen LogP contribution in [0.25, 0.3) is 0 Å². The Balaban J connectivity index is 0.903. The Labute approximate surface area is 282 Å². The van der Waals surface area contributed by atoms with Gasteiger partial charge in [0, 0.05) is 0 Å². The van der Waals surface area contributed by atoms with Crippen LogP contribution in [0.5, 0.6) is 23.0 Å². The van der Waals surface area contributed by atoms with Crippen LogP contribution in [0.15, 0.2) is 109 Å². The first-order valence-electron chi connectivity index (χ1n) is 17.9. The third-order valence-corrected chi connectivity index (χ3v) is 9.88. The molecular formula is C42H52N2O3. The van der Waals surface area contributed by atoms with Crippen molar-refractivity contribution in [3.8, 4) is 23.0 Å². The minimum absolute atomic E-state index is 0.651. The SMILES string of the molecule is c1ccc(OCC2CCN(CCCc3ccccc3Oc3ccccc3CCCN3CCC(COc4ccccc4)CC3)CC2)cc1. The van der Waals surface area contributed by atoms with Gasteiger partial charge in [-0.05, 0) is 150 Å². The molecule has 0 N–H and O–H groups in total. The second kappa shape index (κ2) is 17.9. The highest BCUT2D eigenvalue weighted by Crippen LogP contribution is 2.30. The summed E-state index contributed by atoms with van der Waals surface area (Å²) in [6.45, 7) is 8.57. The summed E-state index contributed by atoms with van der Waals surface area (Å²) in [5, 5.41) is 0. The van der Waals surface area contributed by atoms with Gasteiger partial charge >= 0.3 is 0 Å². The fourth-order valence-electron chi connectivity index (χ4n) is 6.94. The lowest BCUT2D eigenvalue weighted by atomic mass is 9.97. The number of para-hydroxylation sites is 4. The maximum Gasteiger partial charge on any atom is 0.130 e. The zero-order valence-electron chi connectivity index (χ0n) is 28.0. The summed E-state index contributed by atoms with van der Waals surface area (Å²) in [4.78, 5) is 5.25. The third kappa shape index (κ3) is 10.6. The number of ether oxygens (including phenoxy) is 3. The predicted molar refractivity (Wildman–Crippen MR) is 192 cm³/mol. The predicted octanol–water partition coefficient (Wildman–Crippen LogP) is 8.93. The van der Waals surface area contributed by atoms with Crippen molar-refractivity contribution in [1.29, 1.82) is 0 Å². The zero-order chi connectivity index (χ0) is 31.9. The highest BCUT2D eigenvalue weighted by Gasteiger charge is 2.21. The number of aryl methyl sites for hydroxylation is 2. The number of rotatable bonds is 16. The van der Waals surface area contributed by atoms with Crippen LogP contribution in [-0.4, -0.2) is 62.3 Å². The van der Waals surface area contributed by atoms with E-state index < -0.39 is 0 Å².